The van der Waals surface area contributed by atoms with E-state index in [2.05, 4.69) is 13.0 Å². The average Bonchev–Trinajstić information content (AvgIpc) is 3.23. The zero-order chi connectivity index (χ0) is 25.3. The zero-order valence-corrected chi connectivity index (χ0v) is 20.9. The molecular formula is C27H31N3O4. The first-order valence-corrected chi connectivity index (χ1v) is 11.8. The van der Waals surface area contributed by atoms with E-state index in [0.717, 1.165) is 34.1 Å². The highest BCUT2D eigenvalue weighted by molar-refractivity contribution is 5.92. The number of carbonyl (C=O) groups excluding carboxylic acids is 1. The van der Waals surface area contributed by atoms with Crippen LogP contribution in [0.3, 0.4) is 0 Å². The van der Waals surface area contributed by atoms with Crippen LogP contribution in [0.5, 0.6) is 0 Å². The Bertz CT molecular complexity index is 1400. The van der Waals surface area contributed by atoms with Crippen molar-refractivity contribution in [2.75, 3.05) is 0 Å². The Balaban J connectivity index is 0.000000771. The highest BCUT2D eigenvalue weighted by Gasteiger charge is 2.34. The number of cyclic esters (lactones) is 1. The molecule has 1 N–H and O–H groups in total. The van der Waals surface area contributed by atoms with Gasteiger partial charge in [0, 0.05) is 16.5 Å². The Morgan fingerprint density at radius 3 is 2.44 bits per heavy atom. The Kier molecular flexibility index (Phi) is 7.23. The van der Waals surface area contributed by atoms with Gasteiger partial charge in [-0.25, -0.2) is 9.78 Å². The van der Waals surface area contributed by atoms with Gasteiger partial charge in [0.05, 0.1) is 40.6 Å². The van der Waals surface area contributed by atoms with Crippen molar-refractivity contribution >= 4 is 16.9 Å². The number of nitrogens with zero attached hydrogens (tertiary/aromatic N) is 3. The fourth-order valence-corrected chi connectivity index (χ4v) is 4.70. The van der Waals surface area contributed by atoms with Crippen molar-refractivity contribution in [1.82, 2.24) is 9.55 Å². The lowest BCUT2D eigenvalue weighted by Crippen LogP contribution is -2.32. The van der Waals surface area contributed by atoms with Crippen molar-refractivity contribution in [2.45, 2.75) is 74.1 Å². The molecule has 0 radical (unpaired) electrons. The number of benzene rings is 1. The number of aromatic nitrogens is 2. The summed E-state index contributed by atoms with van der Waals surface area (Å²) in [6.45, 7) is 14.2. The van der Waals surface area contributed by atoms with Gasteiger partial charge in [-0.3, -0.25) is 4.79 Å². The third-order valence-electron chi connectivity index (χ3n) is 6.41. The van der Waals surface area contributed by atoms with Gasteiger partial charge in [-0.05, 0) is 49.1 Å². The second-order valence-corrected chi connectivity index (χ2v) is 7.82. The molecule has 0 saturated carbocycles. The summed E-state index contributed by atoms with van der Waals surface area (Å²) in [5, 5.41) is 20.8. The summed E-state index contributed by atoms with van der Waals surface area (Å²) in [5.74, 6) is -0.754. The van der Waals surface area contributed by atoms with Gasteiger partial charge in [-0.1, -0.05) is 34.6 Å². The number of fused-ring (bicyclic) bond motifs is 5. The van der Waals surface area contributed by atoms with E-state index in [9.17, 15) is 20.0 Å². The summed E-state index contributed by atoms with van der Waals surface area (Å²) in [6.07, 6.45) is -0.724. The molecule has 5 rings (SSSR count). The zero-order valence-electron chi connectivity index (χ0n) is 20.9. The van der Waals surface area contributed by atoms with E-state index in [1.807, 2.05) is 41.5 Å². The molecule has 0 saturated heterocycles. The smallest absolute Gasteiger partial charge is 0.340 e. The van der Waals surface area contributed by atoms with Gasteiger partial charge in [0.15, 0.2) is 6.10 Å². The number of hydrogen-bond donors (Lipinski definition) is 1. The third-order valence-corrected chi connectivity index (χ3v) is 6.41. The van der Waals surface area contributed by atoms with Crippen LogP contribution in [0.25, 0.3) is 22.3 Å². The summed E-state index contributed by atoms with van der Waals surface area (Å²) < 4.78 is 6.58. The number of aliphatic hydroxyl groups excluding tert-OH is 1. The van der Waals surface area contributed by atoms with Gasteiger partial charge in [0.25, 0.3) is 5.56 Å². The Labute approximate surface area is 199 Å². The maximum atomic E-state index is 13.1. The molecule has 178 valence electrons. The summed E-state index contributed by atoms with van der Waals surface area (Å²) in [5.41, 5.74) is 6.88. The molecule has 4 heterocycles. The van der Waals surface area contributed by atoms with E-state index >= 15 is 0 Å². The number of nitriles is 1. The van der Waals surface area contributed by atoms with Crippen molar-refractivity contribution in [3.63, 3.8) is 0 Å². The Morgan fingerprint density at radius 1 is 1.15 bits per heavy atom. The lowest BCUT2D eigenvalue weighted by molar-refractivity contribution is -0.157. The minimum absolute atomic E-state index is 0.138. The Hall–Kier alpha value is -3.50. The summed E-state index contributed by atoms with van der Waals surface area (Å²) >= 11 is 0. The highest BCUT2D eigenvalue weighted by Crippen LogP contribution is 2.39. The predicted molar refractivity (Wildman–Crippen MR) is 132 cm³/mol. The molecule has 0 bridgehead atoms. The van der Waals surface area contributed by atoms with Crippen LogP contribution in [0.2, 0.25) is 0 Å². The van der Waals surface area contributed by atoms with Gasteiger partial charge in [0.1, 0.15) is 6.61 Å². The number of ether oxygens (including phenoxy) is 1. The van der Waals surface area contributed by atoms with Crippen LogP contribution in [0.4, 0.5) is 0 Å². The molecule has 3 aromatic rings. The van der Waals surface area contributed by atoms with E-state index in [1.165, 1.54) is 0 Å². The number of pyridine rings is 2. The van der Waals surface area contributed by atoms with Crippen molar-refractivity contribution in [1.29, 1.82) is 5.26 Å². The van der Waals surface area contributed by atoms with E-state index in [0.29, 0.717) is 34.6 Å². The van der Waals surface area contributed by atoms with Crippen LogP contribution in [-0.2, 0) is 29.1 Å². The standard InChI is InChI=1S/C23H19N3O4.2C2H6/c1-4-13-15-8-26-18(6-14-16(22(26)28)9-30-23(29)21(14)27)20(15)25-17-5-12(7-24)10(2)11(3)19(13)17;2*1-2/h5-6,21,27H,4,8-9H2,1-3H3;2*1-2H3. The molecule has 7 heteroatoms. The molecule has 2 aliphatic rings. The van der Waals surface area contributed by atoms with E-state index < -0.39 is 12.1 Å². The normalized spacial score (nSPS) is 15.0. The summed E-state index contributed by atoms with van der Waals surface area (Å²) in [7, 11) is 0. The van der Waals surface area contributed by atoms with Crippen molar-refractivity contribution in [2.24, 2.45) is 0 Å². The monoisotopic (exact) mass is 461 g/mol. The summed E-state index contributed by atoms with van der Waals surface area (Å²) in [6, 6.07) is 5.71. The molecule has 2 aromatic heterocycles. The predicted octanol–water partition coefficient (Wildman–Crippen LogP) is 4.62. The van der Waals surface area contributed by atoms with E-state index in [-0.39, 0.29) is 17.7 Å². The van der Waals surface area contributed by atoms with Crippen LogP contribution in [0.15, 0.2) is 16.9 Å². The molecule has 0 amide bonds. The number of aryl methyl sites for hydroxylation is 2. The lowest BCUT2D eigenvalue weighted by atomic mass is 9.91. The molecule has 34 heavy (non-hydrogen) atoms. The first-order valence-electron chi connectivity index (χ1n) is 11.8. The van der Waals surface area contributed by atoms with Crippen molar-refractivity contribution < 1.29 is 14.6 Å². The quantitative estimate of drug-likeness (QED) is 0.415. The van der Waals surface area contributed by atoms with Gasteiger partial charge >= 0.3 is 5.97 Å². The molecule has 1 atom stereocenters. The SMILES string of the molecule is CC.CC.CCc1c2c(nc3cc(C#N)c(C)c(C)c13)-c1cc3c(c(=O)n1C2)COC(=O)C3O. The number of hydrogen-bond acceptors (Lipinski definition) is 6. The third kappa shape index (κ3) is 3.59. The highest BCUT2D eigenvalue weighted by atomic mass is 16.5. The Morgan fingerprint density at radius 2 is 1.82 bits per heavy atom. The van der Waals surface area contributed by atoms with Gasteiger partial charge in [-0.2, -0.15) is 5.26 Å². The maximum absolute atomic E-state index is 13.1. The van der Waals surface area contributed by atoms with Gasteiger partial charge < -0.3 is 14.4 Å². The molecule has 2 aliphatic heterocycles. The van der Waals surface area contributed by atoms with Crippen LogP contribution in [0.1, 0.15) is 79.7 Å². The number of carbonyl (C=O) groups is 1. The second-order valence-electron chi connectivity index (χ2n) is 7.82. The average molecular weight is 462 g/mol. The van der Waals surface area contributed by atoms with Crippen LogP contribution < -0.4 is 5.56 Å². The minimum Gasteiger partial charge on any atom is -0.458 e. The fourth-order valence-electron chi connectivity index (χ4n) is 4.70. The van der Waals surface area contributed by atoms with Crippen LogP contribution in [0, 0.1) is 25.2 Å². The number of aliphatic hydroxyl groups is 1. The molecule has 0 fully saturated rings. The fraction of sp³-hybridized carbons (Fsp3) is 0.407. The first kappa shape index (κ1) is 25.1. The minimum atomic E-state index is -1.47. The molecule has 1 unspecified atom stereocenters. The van der Waals surface area contributed by atoms with Gasteiger partial charge in [-0.15, -0.1) is 0 Å². The largest absolute Gasteiger partial charge is 0.458 e. The topological polar surface area (TPSA) is 105 Å². The van der Waals surface area contributed by atoms with Crippen LogP contribution in [-0.4, -0.2) is 20.6 Å². The molecule has 1 aromatic carbocycles. The maximum Gasteiger partial charge on any atom is 0.340 e. The number of esters is 1. The molecular weight excluding hydrogens is 430 g/mol. The molecule has 0 spiro atoms. The molecule has 0 aliphatic carbocycles. The second kappa shape index (κ2) is 9.78. The van der Waals surface area contributed by atoms with Gasteiger partial charge in [0.2, 0.25) is 0 Å². The lowest BCUT2D eigenvalue weighted by Gasteiger charge is -2.21. The number of rotatable bonds is 1. The van der Waals surface area contributed by atoms with Crippen molar-refractivity contribution in [3.8, 4) is 17.5 Å². The van der Waals surface area contributed by atoms with Crippen molar-refractivity contribution in [3.05, 3.63) is 61.4 Å². The van der Waals surface area contributed by atoms with E-state index in [1.54, 1.807) is 16.7 Å². The first-order chi connectivity index (χ1) is 16.4. The van der Waals surface area contributed by atoms with Crippen LogP contribution >= 0.6 is 0 Å². The summed E-state index contributed by atoms with van der Waals surface area (Å²) in [4.78, 5) is 29.8. The molecule has 7 nitrogen and oxygen atoms in total. The van der Waals surface area contributed by atoms with E-state index in [4.69, 9.17) is 9.72 Å².